The van der Waals surface area contributed by atoms with Crippen LogP contribution in [0.15, 0.2) is 18.5 Å². The monoisotopic (exact) mass is 265 g/mol. The van der Waals surface area contributed by atoms with Gasteiger partial charge < -0.3 is 15.2 Å². The molecule has 0 aliphatic heterocycles. The van der Waals surface area contributed by atoms with Gasteiger partial charge in [0.1, 0.15) is 0 Å². The molecule has 1 unspecified atom stereocenters. The van der Waals surface area contributed by atoms with E-state index in [-0.39, 0.29) is 5.91 Å². The van der Waals surface area contributed by atoms with Gasteiger partial charge in [0.15, 0.2) is 0 Å². The van der Waals surface area contributed by atoms with E-state index in [0.717, 1.165) is 19.5 Å². The molecule has 19 heavy (non-hydrogen) atoms. The van der Waals surface area contributed by atoms with Crippen LogP contribution in [-0.4, -0.2) is 23.6 Å². The molecule has 0 aliphatic carbocycles. The summed E-state index contributed by atoms with van der Waals surface area (Å²) >= 11 is 0. The molecule has 0 bridgehead atoms. The molecule has 1 aromatic heterocycles. The molecule has 0 fully saturated rings. The number of carbonyl (C=O) groups is 1. The Labute approximate surface area is 116 Å². The van der Waals surface area contributed by atoms with Crippen molar-refractivity contribution < 1.29 is 4.79 Å². The number of aromatic nitrogens is 1. The van der Waals surface area contributed by atoms with E-state index in [1.807, 2.05) is 6.92 Å². The van der Waals surface area contributed by atoms with Crippen LogP contribution < -0.4 is 10.6 Å². The fourth-order valence-corrected chi connectivity index (χ4v) is 2.24. The summed E-state index contributed by atoms with van der Waals surface area (Å²) in [5.74, 6) is 0.120. The van der Waals surface area contributed by atoms with Crippen LogP contribution in [0.25, 0.3) is 0 Å². The van der Waals surface area contributed by atoms with Crippen LogP contribution in [0.3, 0.4) is 0 Å². The third-order valence-corrected chi connectivity index (χ3v) is 3.17. The summed E-state index contributed by atoms with van der Waals surface area (Å²) < 4.78 is 2.10. The maximum Gasteiger partial charge on any atom is 0.221 e. The minimum atomic E-state index is 0.120. The normalized spacial score (nSPS) is 12.4. The summed E-state index contributed by atoms with van der Waals surface area (Å²) in [4.78, 5) is 11.4. The summed E-state index contributed by atoms with van der Waals surface area (Å²) in [6.07, 6.45) is 7.08. The quantitative estimate of drug-likeness (QED) is 0.720. The summed E-state index contributed by atoms with van der Waals surface area (Å²) in [5, 5.41) is 6.33. The van der Waals surface area contributed by atoms with Crippen molar-refractivity contribution in [1.29, 1.82) is 0 Å². The van der Waals surface area contributed by atoms with Crippen molar-refractivity contribution in [3.05, 3.63) is 24.0 Å². The Morgan fingerprint density at radius 2 is 2.11 bits per heavy atom. The summed E-state index contributed by atoms with van der Waals surface area (Å²) in [7, 11) is 0. The summed E-state index contributed by atoms with van der Waals surface area (Å²) in [5.41, 5.74) is 1.32. The van der Waals surface area contributed by atoms with Crippen LogP contribution in [0.5, 0.6) is 0 Å². The van der Waals surface area contributed by atoms with Gasteiger partial charge in [-0.2, -0.15) is 0 Å². The highest BCUT2D eigenvalue weighted by atomic mass is 16.1. The second kappa shape index (κ2) is 8.75. The topological polar surface area (TPSA) is 46.1 Å². The smallest absolute Gasteiger partial charge is 0.221 e. The molecule has 2 N–H and O–H groups in total. The van der Waals surface area contributed by atoms with Gasteiger partial charge in [-0.1, -0.05) is 20.3 Å². The van der Waals surface area contributed by atoms with E-state index in [1.54, 1.807) is 0 Å². The number of nitrogens with one attached hydrogen (secondary N) is 2. The van der Waals surface area contributed by atoms with Crippen molar-refractivity contribution >= 4 is 5.91 Å². The molecule has 0 spiro atoms. The van der Waals surface area contributed by atoms with E-state index in [4.69, 9.17) is 0 Å². The van der Waals surface area contributed by atoms with Gasteiger partial charge in [0.2, 0.25) is 5.91 Å². The van der Waals surface area contributed by atoms with Crippen molar-refractivity contribution in [2.45, 2.75) is 52.6 Å². The molecular formula is C15H27N3O. The fraction of sp³-hybridized carbons (Fsp3) is 0.667. The van der Waals surface area contributed by atoms with Crippen LogP contribution in [-0.2, 0) is 11.3 Å². The van der Waals surface area contributed by atoms with E-state index in [9.17, 15) is 4.79 Å². The molecule has 1 amide bonds. The minimum Gasteiger partial charge on any atom is -0.356 e. The first kappa shape index (κ1) is 15.8. The summed E-state index contributed by atoms with van der Waals surface area (Å²) in [6, 6.07) is 2.58. The molecule has 0 saturated carbocycles. The van der Waals surface area contributed by atoms with Gasteiger partial charge in [0, 0.05) is 37.9 Å². The second-order valence-electron chi connectivity index (χ2n) is 4.79. The largest absolute Gasteiger partial charge is 0.356 e. The summed E-state index contributed by atoms with van der Waals surface area (Å²) in [6.45, 7) is 8.71. The molecule has 1 rings (SSSR count). The molecule has 1 heterocycles. The van der Waals surface area contributed by atoms with E-state index >= 15 is 0 Å². The van der Waals surface area contributed by atoms with E-state index < -0.39 is 0 Å². The van der Waals surface area contributed by atoms with Crippen molar-refractivity contribution in [2.75, 3.05) is 13.1 Å². The zero-order chi connectivity index (χ0) is 14.1. The average molecular weight is 265 g/mol. The molecular weight excluding hydrogens is 238 g/mol. The molecule has 0 aromatic carbocycles. The number of carbonyl (C=O) groups excluding carboxylic acids is 1. The Morgan fingerprint density at radius 1 is 1.32 bits per heavy atom. The number of rotatable bonds is 9. The molecule has 4 heteroatoms. The molecule has 1 aromatic rings. The lowest BCUT2D eigenvalue weighted by molar-refractivity contribution is -0.121. The lowest BCUT2D eigenvalue weighted by Gasteiger charge is -2.15. The van der Waals surface area contributed by atoms with E-state index in [1.165, 1.54) is 12.0 Å². The van der Waals surface area contributed by atoms with E-state index in [2.05, 4.69) is 47.5 Å². The number of aryl methyl sites for hydroxylation is 1. The highest BCUT2D eigenvalue weighted by Gasteiger charge is 2.10. The highest BCUT2D eigenvalue weighted by molar-refractivity contribution is 5.75. The Kier molecular flexibility index (Phi) is 7.26. The maximum absolute atomic E-state index is 11.4. The predicted molar refractivity (Wildman–Crippen MR) is 79.1 cm³/mol. The minimum absolute atomic E-state index is 0.120. The molecule has 1 atom stereocenters. The van der Waals surface area contributed by atoms with E-state index in [0.29, 0.717) is 19.0 Å². The standard InChI is InChI=1S/C15H27N3O/c1-4-7-14(16-5-2)13-8-10-18(12-13)11-9-15(19)17-6-3/h8,10,12,14,16H,4-7,9,11H2,1-3H3,(H,17,19). The van der Waals surface area contributed by atoms with Gasteiger partial charge in [0.05, 0.1) is 0 Å². The van der Waals surface area contributed by atoms with Gasteiger partial charge in [-0.3, -0.25) is 4.79 Å². The first-order valence-corrected chi connectivity index (χ1v) is 7.37. The molecule has 0 radical (unpaired) electrons. The van der Waals surface area contributed by atoms with Crippen molar-refractivity contribution in [3.63, 3.8) is 0 Å². The van der Waals surface area contributed by atoms with Crippen molar-refractivity contribution in [2.24, 2.45) is 0 Å². The molecule has 0 saturated heterocycles. The van der Waals surface area contributed by atoms with Gasteiger partial charge in [-0.25, -0.2) is 0 Å². The Balaban J connectivity index is 2.52. The van der Waals surface area contributed by atoms with Crippen LogP contribution in [0, 0.1) is 0 Å². The van der Waals surface area contributed by atoms with Crippen LogP contribution in [0.4, 0.5) is 0 Å². The average Bonchev–Trinajstić information content (AvgIpc) is 2.85. The van der Waals surface area contributed by atoms with Crippen LogP contribution >= 0.6 is 0 Å². The lowest BCUT2D eigenvalue weighted by atomic mass is 10.1. The molecule has 4 nitrogen and oxygen atoms in total. The first-order valence-electron chi connectivity index (χ1n) is 7.37. The number of amides is 1. The molecule has 0 aliphatic rings. The highest BCUT2D eigenvalue weighted by Crippen LogP contribution is 2.18. The number of hydrogen-bond acceptors (Lipinski definition) is 2. The molecule has 108 valence electrons. The van der Waals surface area contributed by atoms with Crippen molar-refractivity contribution in [3.8, 4) is 0 Å². The lowest BCUT2D eigenvalue weighted by Crippen LogP contribution is -2.23. The van der Waals surface area contributed by atoms with Crippen LogP contribution in [0.2, 0.25) is 0 Å². The first-order chi connectivity index (χ1) is 9.21. The zero-order valence-electron chi connectivity index (χ0n) is 12.4. The third kappa shape index (κ3) is 5.47. The van der Waals surface area contributed by atoms with Crippen molar-refractivity contribution in [1.82, 2.24) is 15.2 Å². The second-order valence-corrected chi connectivity index (χ2v) is 4.79. The third-order valence-electron chi connectivity index (χ3n) is 3.17. The number of nitrogens with zero attached hydrogens (tertiary/aromatic N) is 1. The Morgan fingerprint density at radius 3 is 2.74 bits per heavy atom. The zero-order valence-corrected chi connectivity index (χ0v) is 12.4. The Bertz CT molecular complexity index is 367. The number of hydrogen-bond donors (Lipinski definition) is 2. The van der Waals surface area contributed by atoms with Gasteiger partial charge in [0.25, 0.3) is 0 Å². The maximum atomic E-state index is 11.4. The van der Waals surface area contributed by atoms with Gasteiger partial charge in [-0.05, 0) is 31.5 Å². The van der Waals surface area contributed by atoms with Gasteiger partial charge >= 0.3 is 0 Å². The Hall–Kier alpha value is -1.29. The van der Waals surface area contributed by atoms with Crippen LogP contribution in [0.1, 0.15) is 51.6 Å². The van der Waals surface area contributed by atoms with Gasteiger partial charge in [-0.15, -0.1) is 0 Å². The SMILES string of the molecule is CCCC(NCC)c1ccn(CCC(=O)NCC)c1. The fourth-order valence-electron chi connectivity index (χ4n) is 2.24. The predicted octanol–water partition coefficient (Wildman–Crippen LogP) is 2.47.